The zero-order valence-corrected chi connectivity index (χ0v) is 15.3. The Labute approximate surface area is 156 Å². The zero-order chi connectivity index (χ0) is 17.8. The number of pyridine rings is 1. The maximum Gasteiger partial charge on any atom is 0.259 e. The van der Waals surface area contributed by atoms with Crippen molar-refractivity contribution in [2.45, 2.75) is 6.42 Å². The van der Waals surface area contributed by atoms with E-state index in [1.54, 1.807) is 36.5 Å². The Morgan fingerprint density at radius 2 is 2.24 bits per heavy atom. The van der Waals surface area contributed by atoms with Crippen molar-refractivity contribution >= 4 is 29.1 Å². The Morgan fingerprint density at radius 1 is 1.40 bits per heavy atom. The van der Waals surface area contributed by atoms with Crippen molar-refractivity contribution < 1.29 is 9.53 Å². The van der Waals surface area contributed by atoms with Crippen LogP contribution in [0, 0.1) is 5.92 Å². The van der Waals surface area contributed by atoms with Gasteiger partial charge in [-0.05, 0) is 56.3 Å². The highest BCUT2D eigenvalue weighted by Crippen LogP contribution is 2.32. The van der Waals surface area contributed by atoms with Gasteiger partial charge >= 0.3 is 0 Å². The van der Waals surface area contributed by atoms with E-state index in [9.17, 15) is 4.79 Å². The standard InChI is InChI=1S/C18H19Cl2N3O2/c1-21-10-12-6-8-23(11-12)18(24)14-3-2-7-22-17(14)25-16-5-4-13(19)9-15(16)20/h2-5,7,9,12,21H,6,8,10-11H2,1H3/t12-/m0/s1. The fourth-order valence-corrected chi connectivity index (χ4v) is 3.39. The number of hydrogen-bond donors (Lipinski definition) is 1. The number of amides is 1. The maximum absolute atomic E-state index is 12.9. The van der Waals surface area contributed by atoms with E-state index >= 15 is 0 Å². The summed E-state index contributed by atoms with van der Waals surface area (Å²) in [6.07, 6.45) is 2.58. The Hall–Kier alpha value is -1.82. The fraction of sp³-hybridized carbons (Fsp3) is 0.333. The lowest BCUT2D eigenvalue weighted by molar-refractivity contribution is 0.0784. The van der Waals surface area contributed by atoms with Crippen molar-refractivity contribution in [2.75, 3.05) is 26.7 Å². The number of carbonyl (C=O) groups is 1. The molecule has 5 nitrogen and oxygen atoms in total. The quantitative estimate of drug-likeness (QED) is 0.856. The third kappa shape index (κ3) is 4.24. The van der Waals surface area contributed by atoms with Crippen LogP contribution in [0.25, 0.3) is 0 Å². The molecule has 1 aliphatic heterocycles. The molecule has 0 radical (unpaired) electrons. The second-order valence-corrected chi connectivity index (χ2v) is 6.84. The highest BCUT2D eigenvalue weighted by Gasteiger charge is 2.28. The van der Waals surface area contributed by atoms with E-state index in [2.05, 4.69) is 10.3 Å². The Kier molecular flexibility index (Phi) is 5.78. The molecule has 1 atom stereocenters. The van der Waals surface area contributed by atoms with Gasteiger partial charge in [-0.1, -0.05) is 23.2 Å². The van der Waals surface area contributed by atoms with Crippen molar-refractivity contribution in [3.63, 3.8) is 0 Å². The molecule has 2 aromatic rings. The molecule has 2 heterocycles. The largest absolute Gasteiger partial charge is 0.437 e. The molecule has 1 aromatic heterocycles. The van der Waals surface area contributed by atoms with Crippen LogP contribution >= 0.6 is 23.2 Å². The van der Waals surface area contributed by atoms with Crippen molar-refractivity contribution in [2.24, 2.45) is 5.92 Å². The van der Waals surface area contributed by atoms with Gasteiger partial charge in [-0.25, -0.2) is 4.98 Å². The number of nitrogens with one attached hydrogen (secondary N) is 1. The van der Waals surface area contributed by atoms with Crippen molar-refractivity contribution in [3.05, 3.63) is 52.1 Å². The normalized spacial score (nSPS) is 16.9. The van der Waals surface area contributed by atoms with Gasteiger partial charge in [0.05, 0.1) is 5.02 Å². The molecule has 0 aliphatic carbocycles. The summed E-state index contributed by atoms with van der Waals surface area (Å²) in [5.74, 6) is 1.05. The molecule has 1 N–H and O–H groups in total. The number of rotatable bonds is 5. The van der Waals surface area contributed by atoms with Crippen molar-refractivity contribution in [1.29, 1.82) is 0 Å². The van der Waals surface area contributed by atoms with E-state index in [0.29, 0.717) is 27.3 Å². The smallest absolute Gasteiger partial charge is 0.259 e. The van der Waals surface area contributed by atoms with E-state index in [4.69, 9.17) is 27.9 Å². The van der Waals surface area contributed by atoms with Gasteiger partial charge in [0.1, 0.15) is 11.3 Å². The lowest BCUT2D eigenvalue weighted by atomic mass is 10.1. The molecule has 132 valence electrons. The SMILES string of the molecule is CNC[C@@H]1CCN(C(=O)c2cccnc2Oc2ccc(Cl)cc2Cl)C1. The summed E-state index contributed by atoms with van der Waals surface area (Å²) in [6.45, 7) is 2.37. The zero-order valence-electron chi connectivity index (χ0n) is 13.8. The van der Waals surface area contributed by atoms with Gasteiger partial charge in [0.25, 0.3) is 5.91 Å². The molecule has 7 heteroatoms. The molecule has 1 saturated heterocycles. The average molecular weight is 380 g/mol. The summed E-state index contributed by atoms with van der Waals surface area (Å²) < 4.78 is 5.79. The van der Waals surface area contributed by atoms with Crippen LogP contribution in [0.2, 0.25) is 10.0 Å². The van der Waals surface area contributed by atoms with E-state index in [1.807, 2.05) is 11.9 Å². The third-order valence-corrected chi connectivity index (χ3v) is 4.70. The van der Waals surface area contributed by atoms with Crippen LogP contribution in [0.5, 0.6) is 11.6 Å². The molecule has 0 unspecified atom stereocenters. The first kappa shape index (κ1) is 18.0. The number of ether oxygens (including phenoxy) is 1. The predicted molar refractivity (Wildman–Crippen MR) is 98.7 cm³/mol. The van der Waals surface area contributed by atoms with Crippen molar-refractivity contribution in [3.8, 4) is 11.6 Å². The van der Waals surface area contributed by atoms with E-state index < -0.39 is 0 Å². The summed E-state index contributed by atoms with van der Waals surface area (Å²) in [6, 6.07) is 8.37. The van der Waals surface area contributed by atoms with Gasteiger partial charge in [0, 0.05) is 24.3 Å². The van der Waals surface area contributed by atoms with Crippen LogP contribution in [0.4, 0.5) is 0 Å². The number of halogens is 2. The van der Waals surface area contributed by atoms with Crippen LogP contribution in [0.3, 0.4) is 0 Å². The highest BCUT2D eigenvalue weighted by molar-refractivity contribution is 6.35. The van der Waals surface area contributed by atoms with Crippen molar-refractivity contribution in [1.82, 2.24) is 15.2 Å². The first-order valence-electron chi connectivity index (χ1n) is 8.10. The average Bonchev–Trinajstić information content (AvgIpc) is 3.06. The molecule has 1 aliphatic rings. The highest BCUT2D eigenvalue weighted by atomic mass is 35.5. The minimum Gasteiger partial charge on any atom is -0.437 e. The number of likely N-dealkylation sites (tertiary alicyclic amines) is 1. The Bertz CT molecular complexity index is 770. The number of hydrogen-bond acceptors (Lipinski definition) is 4. The molecular weight excluding hydrogens is 361 g/mol. The maximum atomic E-state index is 12.9. The van der Waals surface area contributed by atoms with Crippen LogP contribution < -0.4 is 10.1 Å². The fourth-order valence-electron chi connectivity index (χ4n) is 2.94. The van der Waals surface area contributed by atoms with Crippen LogP contribution in [0.1, 0.15) is 16.8 Å². The van der Waals surface area contributed by atoms with E-state index in [0.717, 1.165) is 26.1 Å². The molecule has 1 amide bonds. The predicted octanol–water partition coefficient (Wildman–Crippen LogP) is 3.86. The number of carbonyl (C=O) groups excluding carboxylic acids is 1. The molecule has 1 aromatic carbocycles. The van der Waals surface area contributed by atoms with Gasteiger partial charge in [-0.2, -0.15) is 0 Å². The Morgan fingerprint density at radius 3 is 3.00 bits per heavy atom. The molecule has 0 saturated carbocycles. The first-order valence-corrected chi connectivity index (χ1v) is 8.86. The molecule has 1 fully saturated rings. The number of benzene rings is 1. The minimum absolute atomic E-state index is 0.0770. The monoisotopic (exact) mass is 379 g/mol. The summed E-state index contributed by atoms with van der Waals surface area (Å²) in [4.78, 5) is 18.9. The lowest BCUT2D eigenvalue weighted by Crippen LogP contribution is -2.30. The van der Waals surface area contributed by atoms with Crippen LogP contribution in [-0.4, -0.2) is 42.5 Å². The van der Waals surface area contributed by atoms with Gasteiger partial charge in [-0.15, -0.1) is 0 Å². The second-order valence-electron chi connectivity index (χ2n) is 6.00. The van der Waals surface area contributed by atoms with Crippen LogP contribution in [0.15, 0.2) is 36.5 Å². The number of aromatic nitrogens is 1. The third-order valence-electron chi connectivity index (χ3n) is 4.17. The topological polar surface area (TPSA) is 54.5 Å². The van der Waals surface area contributed by atoms with Gasteiger partial charge in [0.2, 0.25) is 5.88 Å². The van der Waals surface area contributed by atoms with Gasteiger partial charge < -0.3 is 15.0 Å². The Balaban J connectivity index is 1.80. The van der Waals surface area contributed by atoms with E-state index in [-0.39, 0.29) is 11.8 Å². The molecule has 0 spiro atoms. The minimum atomic E-state index is -0.0770. The van der Waals surface area contributed by atoms with Gasteiger partial charge in [-0.3, -0.25) is 4.79 Å². The molecule has 25 heavy (non-hydrogen) atoms. The molecular formula is C18H19Cl2N3O2. The summed E-state index contributed by atoms with van der Waals surface area (Å²) in [5, 5.41) is 4.05. The summed E-state index contributed by atoms with van der Waals surface area (Å²) in [7, 11) is 1.92. The molecule has 0 bridgehead atoms. The summed E-state index contributed by atoms with van der Waals surface area (Å²) >= 11 is 12.1. The molecule has 3 rings (SSSR count). The second kappa shape index (κ2) is 8.04. The van der Waals surface area contributed by atoms with E-state index in [1.165, 1.54) is 0 Å². The van der Waals surface area contributed by atoms with Gasteiger partial charge in [0.15, 0.2) is 0 Å². The summed E-state index contributed by atoms with van der Waals surface area (Å²) in [5.41, 5.74) is 0.429. The van der Waals surface area contributed by atoms with Crippen LogP contribution in [-0.2, 0) is 0 Å². The lowest BCUT2D eigenvalue weighted by Gasteiger charge is -2.18. The number of nitrogens with zero attached hydrogens (tertiary/aromatic N) is 2. The first-order chi connectivity index (χ1) is 12.1.